The van der Waals surface area contributed by atoms with Crippen LogP contribution < -0.4 is 4.90 Å². The summed E-state index contributed by atoms with van der Waals surface area (Å²) in [6.07, 6.45) is 5.56. The first-order valence-corrected chi connectivity index (χ1v) is 9.89. The van der Waals surface area contributed by atoms with Gasteiger partial charge in [-0.15, -0.1) is 0 Å². The Bertz CT molecular complexity index is 1360. The van der Waals surface area contributed by atoms with E-state index in [4.69, 9.17) is 4.98 Å². The quantitative estimate of drug-likeness (QED) is 0.461. The minimum atomic E-state index is 0.605. The molecule has 0 saturated carbocycles. The Morgan fingerprint density at radius 1 is 0.900 bits per heavy atom. The molecule has 150 valence electrons. The zero-order chi connectivity index (χ0) is 20.8. The molecular formula is C23H23N7. The molecule has 4 aromatic heterocycles. The molecule has 5 rings (SSSR count). The molecule has 1 aromatic carbocycles. The second kappa shape index (κ2) is 6.95. The Labute approximate surface area is 174 Å². The van der Waals surface area contributed by atoms with E-state index >= 15 is 0 Å². The van der Waals surface area contributed by atoms with Crippen molar-refractivity contribution >= 4 is 22.6 Å². The van der Waals surface area contributed by atoms with Crippen LogP contribution in [-0.4, -0.2) is 43.0 Å². The maximum Gasteiger partial charge on any atom is 0.165 e. The van der Waals surface area contributed by atoms with Gasteiger partial charge in [0.25, 0.3) is 0 Å². The van der Waals surface area contributed by atoms with Crippen LogP contribution in [0.25, 0.3) is 28.1 Å². The third-order valence-electron chi connectivity index (χ3n) is 5.32. The molecule has 7 heteroatoms. The molecule has 30 heavy (non-hydrogen) atoms. The number of aromatic nitrogens is 6. The smallest absolute Gasteiger partial charge is 0.165 e. The summed E-state index contributed by atoms with van der Waals surface area (Å²) in [4.78, 5) is 20.4. The van der Waals surface area contributed by atoms with Gasteiger partial charge in [-0.2, -0.15) is 0 Å². The van der Waals surface area contributed by atoms with Crippen molar-refractivity contribution in [3.63, 3.8) is 0 Å². The largest absolute Gasteiger partial charge is 0.361 e. The van der Waals surface area contributed by atoms with Crippen LogP contribution in [0.3, 0.4) is 0 Å². The van der Waals surface area contributed by atoms with Crippen molar-refractivity contribution in [2.75, 3.05) is 19.0 Å². The van der Waals surface area contributed by atoms with Gasteiger partial charge in [0.1, 0.15) is 12.0 Å². The molecule has 0 bridgehead atoms. The highest BCUT2D eigenvalue weighted by Gasteiger charge is 2.18. The minimum Gasteiger partial charge on any atom is -0.361 e. The Morgan fingerprint density at radius 2 is 1.67 bits per heavy atom. The lowest BCUT2D eigenvalue weighted by Crippen LogP contribution is -2.12. The van der Waals surface area contributed by atoms with Gasteiger partial charge >= 0.3 is 0 Å². The van der Waals surface area contributed by atoms with E-state index < -0.39 is 0 Å². The van der Waals surface area contributed by atoms with Gasteiger partial charge in [0.05, 0.1) is 24.3 Å². The van der Waals surface area contributed by atoms with Crippen LogP contribution in [0, 0.1) is 13.8 Å². The normalized spacial score (nSPS) is 11.5. The first-order chi connectivity index (χ1) is 14.5. The number of imidazole rings is 2. The summed E-state index contributed by atoms with van der Waals surface area (Å²) in [5.74, 6) is 0.812. The van der Waals surface area contributed by atoms with E-state index in [1.165, 1.54) is 11.1 Å². The van der Waals surface area contributed by atoms with Crippen LogP contribution in [0.1, 0.15) is 16.8 Å². The Hall–Kier alpha value is -3.74. The van der Waals surface area contributed by atoms with E-state index in [1.807, 2.05) is 25.3 Å². The summed E-state index contributed by atoms with van der Waals surface area (Å²) in [6, 6.07) is 12.7. The highest BCUT2D eigenvalue weighted by atomic mass is 15.2. The zero-order valence-corrected chi connectivity index (χ0v) is 17.5. The predicted molar refractivity (Wildman–Crippen MR) is 119 cm³/mol. The van der Waals surface area contributed by atoms with Crippen LogP contribution >= 0.6 is 0 Å². The number of benzene rings is 1. The third kappa shape index (κ3) is 2.99. The van der Waals surface area contributed by atoms with Crippen molar-refractivity contribution in [2.45, 2.75) is 20.4 Å². The van der Waals surface area contributed by atoms with E-state index in [0.29, 0.717) is 6.54 Å². The van der Waals surface area contributed by atoms with E-state index in [0.717, 1.165) is 39.6 Å². The molecule has 0 radical (unpaired) electrons. The van der Waals surface area contributed by atoms with E-state index in [1.54, 1.807) is 6.33 Å². The average Bonchev–Trinajstić information content (AvgIpc) is 3.30. The van der Waals surface area contributed by atoms with E-state index in [-0.39, 0.29) is 0 Å². The summed E-state index contributed by atoms with van der Waals surface area (Å²) in [5.41, 5.74) is 8.13. The fourth-order valence-corrected chi connectivity index (χ4v) is 3.77. The van der Waals surface area contributed by atoms with Crippen LogP contribution in [0.2, 0.25) is 0 Å². The first-order valence-electron chi connectivity index (χ1n) is 9.89. The molecule has 0 N–H and O–H groups in total. The SMILES string of the molecule is Cc1ccc(-c2nc3ccc(C)cn3c2Cn2cnc3c(N(C)C)ncnc32)cc1. The van der Waals surface area contributed by atoms with Crippen LogP contribution in [0.4, 0.5) is 5.82 Å². The van der Waals surface area contributed by atoms with Gasteiger partial charge in [-0.05, 0) is 25.5 Å². The fourth-order valence-electron chi connectivity index (χ4n) is 3.77. The summed E-state index contributed by atoms with van der Waals surface area (Å²) in [5, 5.41) is 0. The topological polar surface area (TPSA) is 64.1 Å². The molecule has 0 amide bonds. The first kappa shape index (κ1) is 18.3. The van der Waals surface area contributed by atoms with Crippen molar-refractivity contribution in [3.05, 3.63) is 72.1 Å². The van der Waals surface area contributed by atoms with Crippen molar-refractivity contribution in [2.24, 2.45) is 0 Å². The molecule has 0 unspecified atom stereocenters. The molecule has 0 saturated heterocycles. The summed E-state index contributed by atoms with van der Waals surface area (Å²) in [7, 11) is 3.92. The van der Waals surface area contributed by atoms with Gasteiger partial charge < -0.3 is 13.9 Å². The summed E-state index contributed by atoms with van der Waals surface area (Å²) >= 11 is 0. The molecule has 0 aliphatic carbocycles. The number of rotatable bonds is 4. The average molecular weight is 397 g/mol. The fraction of sp³-hybridized carbons (Fsp3) is 0.217. The van der Waals surface area contributed by atoms with Gasteiger partial charge in [-0.3, -0.25) is 0 Å². The van der Waals surface area contributed by atoms with Crippen molar-refractivity contribution in [1.82, 2.24) is 28.9 Å². The molecule has 0 fully saturated rings. The van der Waals surface area contributed by atoms with Gasteiger partial charge in [0.2, 0.25) is 0 Å². The molecule has 5 aromatic rings. The standard InChI is InChI=1S/C23H23N7/c1-15-5-8-17(9-6-15)20-18(30-11-16(2)7-10-19(30)27-20)12-29-14-26-21-22(28(3)4)24-13-25-23(21)29/h5-11,13-14H,12H2,1-4H3. The van der Waals surface area contributed by atoms with E-state index in [2.05, 4.69) is 80.4 Å². The highest BCUT2D eigenvalue weighted by molar-refractivity contribution is 5.83. The summed E-state index contributed by atoms with van der Waals surface area (Å²) in [6.45, 7) is 4.80. The molecule has 0 atom stereocenters. The van der Waals surface area contributed by atoms with Crippen LogP contribution in [-0.2, 0) is 6.54 Å². The third-order valence-corrected chi connectivity index (χ3v) is 5.32. The second-order valence-electron chi connectivity index (χ2n) is 7.84. The Kier molecular flexibility index (Phi) is 4.24. The van der Waals surface area contributed by atoms with Crippen LogP contribution in [0.15, 0.2) is 55.2 Å². The lowest BCUT2D eigenvalue weighted by molar-refractivity contribution is 0.780. The van der Waals surface area contributed by atoms with E-state index in [9.17, 15) is 0 Å². The number of hydrogen-bond donors (Lipinski definition) is 0. The molecular weight excluding hydrogens is 374 g/mol. The monoisotopic (exact) mass is 397 g/mol. The predicted octanol–water partition coefficient (Wildman–Crippen LogP) is 3.87. The van der Waals surface area contributed by atoms with Crippen molar-refractivity contribution in [1.29, 1.82) is 0 Å². The lowest BCUT2D eigenvalue weighted by Gasteiger charge is -2.11. The zero-order valence-electron chi connectivity index (χ0n) is 17.5. The van der Waals surface area contributed by atoms with Gasteiger partial charge in [0, 0.05) is 25.9 Å². The maximum atomic E-state index is 4.95. The number of pyridine rings is 1. The highest BCUT2D eigenvalue weighted by Crippen LogP contribution is 2.27. The molecule has 0 spiro atoms. The molecule has 4 heterocycles. The Balaban J connectivity index is 1.70. The molecule has 0 aliphatic heterocycles. The van der Waals surface area contributed by atoms with Gasteiger partial charge in [-0.1, -0.05) is 35.9 Å². The number of anilines is 1. The number of fused-ring (bicyclic) bond motifs is 2. The van der Waals surface area contributed by atoms with Crippen LogP contribution in [0.5, 0.6) is 0 Å². The number of nitrogens with zero attached hydrogens (tertiary/aromatic N) is 7. The second-order valence-corrected chi connectivity index (χ2v) is 7.84. The van der Waals surface area contributed by atoms with Crippen molar-refractivity contribution < 1.29 is 0 Å². The Morgan fingerprint density at radius 3 is 2.43 bits per heavy atom. The van der Waals surface area contributed by atoms with Crippen molar-refractivity contribution in [3.8, 4) is 11.3 Å². The summed E-state index contributed by atoms with van der Waals surface area (Å²) < 4.78 is 4.23. The van der Waals surface area contributed by atoms with Gasteiger partial charge in [-0.25, -0.2) is 19.9 Å². The molecule has 0 aliphatic rings. The number of hydrogen-bond acceptors (Lipinski definition) is 5. The molecule has 7 nitrogen and oxygen atoms in total. The number of aryl methyl sites for hydroxylation is 2. The maximum absolute atomic E-state index is 4.95. The minimum absolute atomic E-state index is 0.605. The lowest BCUT2D eigenvalue weighted by atomic mass is 10.1. The van der Waals surface area contributed by atoms with Gasteiger partial charge in [0.15, 0.2) is 17.0 Å².